The standard InChI is InChI=1S/C16H24N2O4S/c1-4-13(3)17-16(19)15-11-14(6-5-12(15)2)23(20,21)18-7-9-22-10-8-18/h5-6,11,13H,4,7-10H2,1-3H3,(H,17,19)/t13-/m1/s1. The topological polar surface area (TPSA) is 75.7 Å². The molecule has 0 spiro atoms. The SMILES string of the molecule is CC[C@@H](C)NC(=O)c1cc(S(=O)(=O)N2CCOCC2)ccc1C. The number of carbonyl (C=O) groups excluding carboxylic acids is 1. The van der Waals surface area contributed by atoms with Gasteiger partial charge in [0.1, 0.15) is 0 Å². The average Bonchev–Trinajstić information content (AvgIpc) is 2.55. The molecule has 1 aromatic carbocycles. The highest BCUT2D eigenvalue weighted by atomic mass is 32.2. The van der Waals surface area contributed by atoms with Crippen LogP contribution in [0.1, 0.15) is 36.2 Å². The summed E-state index contributed by atoms with van der Waals surface area (Å²) < 4.78 is 32.0. The van der Waals surface area contributed by atoms with Gasteiger partial charge in [0.25, 0.3) is 5.91 Å². The van der Waals surface area contributed by atoms with Gasteiger partial charge in [0, 0.05) is 24.7 Å². The van der Waals surface area contributed by atoms with Crippen molar-refractivity contribution in [1.29, 1.82) is 0 Å². The molecule has 0 bridgehead atoms. The molecule has 0 unspecified atom stereocenters. The lowest BCUT2D eigenvalue weighted by Gasteiger charge is -2.26. The minimum atomic E-state index is -3.60. The van der Waals surface area contributed by atoms with E-state index in [4.69, 9.17) is 4.74 Å². The van der Waals surface area contributed by atoms with Crippen LogP contribution in [0, 0.1) is 6.92 Å². The summed E-state index contributed by atoms with van der Waals surface area (Å²) in [7, 11) is -3.60. The van der Waals surface area contributed by atoms with Crippen LogP contribution in [0.4, 0.5) is 0 Å². The number of benzene rings is 1. The number of amides is 1. The van der Waals surface area contributed by atoms with Crippen LogP contribution in [0.5, 0.6) is 0 Å². The number of sulfonamides is 1. The quantitative estimate of drug-likeness (QED) is 0.882. The van der Waals surface area contributed by atoms with Gasteiger partial charge in [-0.1, -0.05) is 13.0 Å². The Morgan fingerprint density at radius 3 is 2.61 bits per heavy atom. The average molecular weight is 340 g/mol. The zero-order valence-corrected chi connectivity index (χ0v) is 14.6. The molecule has 1 saturated heterocycles. The first-order chi connectivity index (χ1) is 10.9. The third kappa shape index (κ3) is 4.10. The normalized spacial score (nSPS) is 17.7. The Morgan fingerprint density at radius 1 is 1.35 bits per heavy atom. The highest BCUT2D eigenvalue weighted by molar-refractivity contribution is 7.89. The highest BCUT2D eigenvalue weighted by Crippen LogP contribution is 2.20. The fourth-order valence-electron chi connectivity index (χ4n) is 2.35. The molecule has 1 fully saturated rings. The number of morpholine rings is 1. The van der Waals surface area contributed by atoms with E-state index in [-0.39, 0.29) is 16.8 Å². The van der Waals surface area contributed by atoms with E-state index in [9.17, 15) is 13.2 Å². The minimum absolute atomic E-state index is 0.0430. The maximum Gasteiger partial charge on any atom is 0.251 e. The number of carbonyl (C=O) groups is 1. The summed E-state index contributed by atoms with van der Waals surface area (Å²) in [6, 6.07) is 4.75. The fourth-order valence-corrected chi connectivity index (χ4v) is 3.78. The van der Waals surface area contributed by atoms with Crippen molar-refractivity contribution >= 4 is 15.9 Å². The minimum Gasteiger partial charge on any atom is -0.379 e. The van der Waals surface area contributed by atoms with E-state index >= 15 is 0 Å². The summed E-state index contributed by atoms with van der Waals surface area (Å²) in [6.45, 7) is 7.17. The summed E-state index contributed by atoms with van der Waals surface area (Å²) in [4.78, 5) is 12.5. The van der Waals surface area contributed by atoms with Crippen LogP contribution >= 0.6 is 0 Å². The number of hydrogen-bond acceptors (Lipinski definition) is 4. The predicted molar refractivity (Wildman–Crippen MR) is 88.0 cm³/mol. The van der Waals surface area contributed by atoms with Gasteiger partial charge in [0.2, 0.25) is 10.0 Å². The smallest absolute Gasteiger partial charge is 0.251 e. The lowest BCUT2D eigenvalue weighted by molar-refractivity contribution is 0.0730. The molecule has 2 rings (SSSR count). The molecule has 0 radical (unpaired) electrons. The van der Waals surface area contributed by atoms with Crippen molar-refractivity contribution in [1.82, 2.24) is 9.62 Å². The molecule has 7 heteroatoms. The van der Waals surface area contributed by atoms with Crippen LogP contribution in [-0.4, -0.2) is 51.0 Å². The Hall–Kier alpha value is -1.44. The molecule has 0 aromatic heterocycles. The van der Waals surface area contributed by atoms with Gasteiger partial charge >= 0.3 is 0 Å². The second-order valence-corrected chi connectivity index (χ2v) is 7.71. The van der Waals surface area contributed by atoms with Gasteiger partial charge in [0.05, 0.1) is 18.1 Å². The van der Waals surface area contributed by atoms with Crippen molar-refractivity contribution in [3.8, 4) is 0 Å². The van der Waals surface area contributed by atoms with Gasteiger partial charge in [-0.2, -0.15) is 4.31 Å². The third-order valence-electron chi connectivity index (χ3n) is 4.05. The van der Waals surface area contributed by atoms with E-state index in [1.165, 1.54) is 10.4 Å². The van der Waals surface area contributed by atoms with E-state index < -0.39 is 10.0 Å². The molecule has 1 aliphatic heterocycles. The fraction of sp³-hybridized carbons (Fsp3) is 0.562. The molecule has 1 aliphatic rings. The van der Waals surface area contributed by atoms with Crippen molar-refractivity contribution in [3.05, 3.63) is 29.3 Å². The second-order valence-electron chi connectivity index (χ2n) is 5.78. The zero-order chi connectivity index (χ0) is 17.0. The summed E-state index contributed by atoms with van der Waals surface area (Å²) >= 11 is 0. The molecule has 6 nitrogen and oxygen atoms in total. The summed E-state index contributed by atoms with van der Waals surface area (Å²) in [6.07, 6.45) is 0.816. The van der Waals surface area contributed by atoms with E-state index in [1.54, 1.807) is 19.1 Å². The van der Waals surface area contributed by atoms with Crippen molar-refractivity contribution in [3.63, 3.8) is 0 Å². The van der Waals surface area contributed by atoms with Crippen molar-refractivity contribution < 1.29 is 17.9 Å². The highest BCUT2D eigenvalue weighted by Gasteiger charge is 2.27. The monoisotopic (exact) mass is 340 g/mol. The van der Waals surface area contributed by atoms with Gasteiger partial charge < -0.3 is 10.1 Å². The molecule has 1 aromatic rings. The number of aryl methyl sites for hydroxylation is 1. The van der Waals surface area contributed by atoms with E-state index in [0.29, 0.717) is 31.9 Å². The largest absolute Gasteiger partial charge is 0.379 e. The summed E-state index contributed by atoms with van der Waals surface area (Å²) in [5.74, 6) is -0.240. The first-order valence-corrected chi connectivity index (χ1v) is 9.29. The van der Waals surface area contributed by atoms with Crippen LogP contribution in [-0.2, 0) is 14.8 Å². The molecule has 1 N–H and O–H groups in total. The second kappa shape index (κ2) is 7.42. The maximum absolute atomic E-state index is 12.7. The molecule has 128 valence electrons. The van der Waals surface area contributed by atoms with Gasteiger partial charge in [-0.25, -0.2) is 8.42 Å². The van der Waals surface area contributed by atoms with Crippen LogP contribution in [0.3, 0.4) is 0 Å². The van der Waals surface area contributed by atoms with Gasteiger partial charge in [-0.05, 0) is 38.0 Å². The number of ether oxygens (including phenoxy) is 1. The molecule has 0 aliphatic carbocycles. The summed E-state index contributed by atoms with van der Waals surface area (Å²) in [5, 5.41) is 2.88. The molecular formula is C16H24N2O4S. The Kier molecular flexibility index (Phi) is 5.78. The number of hydrogen-bond donors (Lipinski definition) is 1. The van der Waals surface area contributed by atoms with Crippen molar-refractivity contribution in [2.75, 3.05) is 26.3 Å². The molecule has 1 amide bonds. The third-order valence-corrected chi connectivity index (χ3v) is 5.95. The number of nitrogens with zero attached hydrogens (tertiary/aromatic N) is 1. The van der Waals surface area contributed by atoms with E-state index in [0.717, 1.165) is 12.0 Å². The first-order valence-electron chi connectivity index (χ1n) is 7.85. The van der Waals surface area contributed by atoms with Crippen LogP contribution in [0.15, 0.2) is 23.1 Å². The molecular weight excluding hydrogens is 316 g/mol. The Morgan fingerprint density at radius 2 is 2.00 bits per heavy atom. The molecule has 1 atom stereocenters. The van der Waals surface area contributed by atoms with Gasteiger partial charge in [0.15, 0.2) is 0 Å². The number of nitrogens with one attached hydrogen (secondary N) is 1. The first kappa shape index (κ1) is 17.9. The summed E-state index contributed by atoms with van der Waals surface area (Å²) in [5.41, 5.74) is 1.16. The Labute approximate surface area is 137 Å². The lowest BCUT2D eigenvalue weighted by atomic mass is 10.1. The van der Waals surface area contributed by atoms with E-state index in [2.05, 4.69) is 5.32 Å². The van der Waals surface area contributed by atoms with Gasteiger partial charge in [-0.15, -0.1) is 0 Å². The molecule has 1 heterocycles. The van der Waals surface area contributed by atoms with Crippen molar-refractivity contribution in [2.45, 2.75) is 38.1 Å². The Bertz CT molecular complexity index is 667. The van der Waals surface area contributed by atoms with Gasteiger partial charge in [-0.3, -0.25) is 4.79 Å². The van der Waals surface area contributed by atoms with E-state index in [1.807, 2.05) is 13.8 Å². The van der Waals surface area contributed by atoms with Crippen LogP contribution in [0.2, 0.25) is 0 Å². The number of rotatable bonds is 5. The molecule has 0 saturated carbocycles. The Balaban J connectivity index is 2.30. The van der Waals surface area contributed by atoms with Crippen LogP contribution in [0.25, 0.3) is 0 Å². The lowest BCUT2D eigenvalue weighted by Crippen LogP contribution is -2.40. The molecule has 23 heavy (non-hydrogen) atoms. The van der Waals surface area contributed by atoms with Crippen molar-refractivity contribution in [2.24, 2.45) is 0 Å². The maximum atomic E-state index is 12.7. The predicted octanol–water partition coefficient (Wildman–Crippen LogP) is 1.54. The van der Waals surface area contributed by atoms with Crippen LogP contribution < -0.4 is 5.32 Å². The zero-order valence-electron chi connectivity index (χ0n) is 13.8.